The zero-order valence-electron chi connectivity index (χ0n) is 10.9. The van der Waals surface area contributed by atoms with Gasteiger partial charge in [0.25, 0.3) is 0 Å². The van der Waals surface area contributed by atoms with Gasteiger partial charge in [0.05, 0.1) is 7.11 Å². The fourth-order valence-electron chi connectivity index (χ4n) is 3.04. The number of unbranched alkanes of at least 4 members (excludes halogenated alkanes) is 1. The van der Waals surface area contributed by atoms with E-state index in [4.69, 9.17) is 0 Å². The van der Waals surface area contributed by atoms with Crippen LogP contribution >= 0.6 is 0 Å². The van der Waals surface area contributed by atoms with E-state index >= 15 is 0 Å². The first-order valence-corrected chi connectivity index (χ1v) is 6.64. The molecule has 2 unspecified atom stereocenters. The van der Waals surface area contributed by atoms with Gasteiger partial charge in [-0.3, -0.25) is 9.59 Å². The minimum atomic E-state index is -0.136. The molecule has 98 valence electrons. The second-order valence-electron chi connectivity index (χ2n) is 5.16. The van der Waals surface area contributed by atoms with Gasteiger partial charge < -0.3 is 4.74 Å². The fourth-order valence-corrected chi connectivity index (χ4v) is 3.04. The number of esters is 1. The molecule has 2 rings (SSSR count). The highest BCUT2D eigenvalue weighted by Gasteiger charge is 2.35. The molecule has 2 atom stereocenters. The molecule has 0 radical (unpaired) electrons. The van der Waals surface area contributed by atoms with Crippen molar-refractivity contribution in [1.29, 1.82) is 0 Å². The molecule has 0 aliphatic heterocycles. The molecule has 0 saturated heterocycles. The average molecular weight is 248 g/mol. The van der Waals surface area contributed by atoms with Gasteiger partial charge in [0, 0.05) is 6.42 Å². The summed E-state index contributed by atoms with van der Waals surface area (Å²) in [5.74, 6) is 0.981. The second kappa shape index (κ2) is 5.98. The molecule has 18 heavy (non-hydrogen) atoms. The Labute approximate surface area is 108 Å². The molecule has 0 heterocycles. The SMILES string of the molecule is COC(=O)CCC/C=C1\CC2CC=C(C=O)C2C1. The summed E-state index contributed by atoms with van der Waals surface area (Å²) in [5.41, 5.74) is 2.46. The number of ether oxygens (including phenoxy) is 1. The Bertz CT molecular complexity index is 393. The van der Waals surface area contributed by atoms with E-state index in [9.17, 15) is 9.59 Å². The van der Waals surface area contributed by atoms with Gasteiger partial charge in [-0.05, 0) is 49.5 Å². The lowest BCUT2D eigenvalue weighted by atomic mass is 9.96. The molecule has 2 aliphatic carbocycles. The number of hydrogen-bond acceptors (Lipinski definition) is 3. The van der Waals surface area contributed by atoms with E-state index in [0.717, 1.165) is 44.0 Å². The highest BCUT2D eigenvalue weighted by molar-refractivity contribution is 5.75. The van der Waals surface area contributed by atoms with Crippen LogP contribution < -0.4 is 0 Å². The highest BCUT2D eigenvalue weighted by atomic mass is 16.5. The van der Waals surface area contributed by atoms with Crippen LogP contribution in [-0.4, -0.2) is 19.4 Å². The lowest BCUT2D eigenvalue weighted by molar-refractivity contribution is -0.140. The minimum absolute atomic E-state index is 0.136. The Balaban J connectivity index is 1.77. The molecule has 2 aliphatic rings. The van der Waals surface area contributed by atoms with Crippen LogP contribution in [0.15, 0.2) is 23.3 Å². The number of rotatable bonds is 5. The van der Waals surface area contributed by atoms with Crippen LogP contribution in [0.25, 0.3) is 0 Å². The average Bonchev–Trinajstić information content (AvgIpc) is 2.93. The first kappa shape index (κ1) is 13.1. The standard InChI is InChI=1S/C15H20O3/c1-18-15(17)5-3-2-4-11-8-12-6-7-13(10-16)14(12)9-11/h4,7,10,12,14H,2-3,5-6,8-9H2,1H3/b11-4+. The summed E-state index contributed by atoms with van der Waals surface area (Å²) in [5, 5.41) is 0. The number of hydrogen-bond donors (Lipinski definition) is 0. The predicted octanol–water partition coefficient (Wildman–Crippen LogP) is 2.81. The topological polar surface area (TPSA) is 43.4 Å². The summed E-state index contributed by atoms with van der Waals surface area (Å²) < 4.78 is 4.61. The van der Waals surface area contributed by atoms with Crippen molar-refractivity contribution in [3.05, 3.63) is 23.3 Å². The number of carbonyl (C=O) groups is 2. The van der Waals surface area contributed by atoms with Crippen LogP contribution in [0.1, 0.15) is 38.5 Å². The van der Waals surface area contributed by atoms with E-state index in [-0.39, 0.29) is 5.97 Å². The van der Waals surface area contributed by atoms with Crippen LogP contribution in [0.5, 0.6) is 0 Å². The summed E-state index contributed by atoms with van der Waals surface area (Å²) in [4.78, 5) is 21.8. The first-order chi connectivity index (χ1) is 8.74. The number of allylic oxidation sites excluding steroid dienone is 4. The monoisotopic (exact) mass is 248 g/mol. The van der Waals surface area contributed by atoms with Crippen LogP contribution in [0.3, 0.4) is 0 Å². The molecule has 0 aromatic rings. The van der Waals surface area contributed by atoms with E-state index < -0.39 is 0 Å². The molecule has 0 amide bonds. The summed E-state index contributed by atoms with van der Waals surface area (Å²) in [7, 11) is 1.42. The smallest absolute Gasteiger partial charge is 0.305 e. The quantitative estimate of drug-likeness (QED) is 0.325. The second-order valence-corrected chi connectivity index (χ2v) is 5.16. The zero-order chi connectivity index (χ0) is 13.0. The highest BCUT2D eigenvalue weighted by Crippen LogP contribution is 2.46. The Hall–Kier alpha value is -1.38. The van der Waals surface area contributed by atoms with Gasteiger partial charge >= 0.3 is 5.97 Å². The third-order valence-corrected chi connectivity index (χ3v) is 4.04. The van der Waals surface area contributed by atoms with Gasteiger partial charge in [0.15, 0.2) is 0 Å². The van der Waals surface area contributed by atoms with E-state index in [1.807, 2.05) is 0 Å². The van der Waals surface area contributed by atoms with Crippen molar-refractivity contribution >= 4 is 12.3 Å². The van der Waals surface area contributed by atoms with E-state index in [2.05, 4.69) is 16.9 Å². The molecule has 0 aromatic heterocycles. The van der Waals surface area contributed by atoms with Crippen LogP contribution in [0.2, 0.25) is 0 Å². The van der Waals surface area contributed by atoms with Crippen molar-refractivity contribution in [3.63, 3.8) is 0 Å². The van der Waals surface area contributed by atoms with Gasteiger partial charge in [-0.15, -0.1) is 0 Å². The number of fused-ring (bicyclic) bond motifs is 1. The lowest BCUT2D eigenvalue weighted by Gasteiger charge is -2.07. The minimum Gasteiger partial charge on any atom is -0.469 e. The summed E-state index contributed by atoms with van der Waals surface area (Å²) >= 11 is 0. The Morgan fingerprint density at radius 2 is 2.33 bits per heavy atom. The van der Waals surface area contributed by atoms with E-state index in [0.29, 0.717) is 18.3 Å². The maximum Gasteiger partial charge on any atom is 0.305 e. The third-order valence-electron chi connectivity index (χ3n) is 4.04. The predicted molar refractivity (Wildman–Crippen MR) is 68.9 cm³/mol. The number of methoxy groups -OCH3 is 1. The van der Waals surface area contributed by atoms with Crippen LogP contribution in [-0.2, 0) is 14.3 Å². The van der Waals surface area contributed by atoms with Crippen molar-refractivity contribution in [2.45, 2.75) is 38.5 Å². The summed E-state index contributed by atoms with van der Waals surface area (Å²) in [6.07, 6.45) is 10.9. The first-order valence-electron chi connectivity index (χ1n) is 6.64. The van der Waals surface area contributed by atoms with Crippen LogP contribution in [0.4, 0.5) is 0 Å². The molecule has 0 spiro atoms. The molecule has 0 N–H and O–H groups in total. The van der Waals surface area contributed by atoms with E-state index in [1.54, 1.807) is 0 Å². The van der Waals surface area contributed by atoms with Gasteiger partial charge in [-0.25, -0.2) is 0 Å². The normalized spacial score (nSPS) is 28.1. The molecule has 3 nitrogen and oxygen atoms in total. The molecule has 0 aromatic carbocycles. The van der Waals surface area contributed by atoms with Gasteiger partial charge in [0.1, 0.15) is 6.29 Å². The third kappa shape index (κ3) is 2.89. The van der Waals surface area contributed by atoms with Gasteiger partial charge in [-0.2, -0.15) is 0 Å². The maximum atomic E-state index is 11.0. The summed E-state index contributed by atoms with van der Waals surface area (Å²) in [6, 6.07) is 0. The molecule has 3 heteroatoms. The molecule has 0 bridgehead atoms. The Morgan fingerprint density at radius 1 is 1.50 bits per heavy atom. The maximum absolute atomic E-state index is 11.0. The van der Waals surface area contributed by atoms with E-state index in [1.165, 1.54) is 12.7 Å². The van der Waals surface area contributed by atoms with Crippen molar-refractivity contribution in [3.8, 4) is 0 Å². The van der Waals surface area contributed by atoms with Crippen molar-refractivity contribution in [1.82, 2.24) is 0 Å². The molecule has 1 saturated carbocycles. The lowest BCUT2D eigenvalue weighted by Crippen LogP contribution is -2.03. The van der Waals surface area contributed by atoms with Gasteiger partial charge in [-0.1, -0.05) is 17.7 Å². The molecular formula is C15H20O3. The van der Waals surface area contributed by atoms with Crippen LogP contribution in [0, 0.1) is 11.8 Å². The zero-order valence-corrected chi connectivity index (χ0v) is 10.9. The summed E-state index contributed by atoms with van der Waals surface area (Å²) in [6.45, 7) is 0. The fraction of sp³-hybridized carbons (Fsp3) is 0.600. The van der Waals surface area contributed by atoms with Crippen molar-refractivity contribution in [2.24, 2.45) is 11.8 Å². The largest absolute Gasteiger partial charge is 0.469 e. The Morgan fingerprint density at radius 3 is 3.06 bits per heavy atom. The van der Waals surface area contributed by atoms with Crippen molar-refractivity contribution in [2.75, 3.05) is 7.11 Å². The Kier molecular flexibility index (Phi) is 4.34. The molecule has 1 fully saturated rings. The number of carbonyl (C=O) groups excluding carboxylic acids is 2. The van der Waals surface area contributed by atoms with Gasteiger partial charge in [0.2, 0.25) is 0 Å². The van der Waals surface area contributed by atoms with Crippen molar-refractivity contribution < 1.29 is 14.3 Å². The number of aldehydes is 1. The molecular weight excluding hydrogens is 228 g/mol.